The number of ether oxygens (including phenoxy) is 1. The number of carbonyl (C=O) groups excluding carboxylic acids is 1. The number of aryl methyl sites for hydroxylation is 2. The first-order valence-electron chi connectivity index (χ1n) is 8.17. The first kappa shape index (κ1) is 18.5. The molecule has 25 heavy (non-hydrogen) atoms. The lowest BCUT2D eigenvalue weighted by atomic mass is 10.0. The summed E-state index contributed by atoms with van der Waals surface area (Å²) in [4.78, 5) is 24.5. The molecule has 2 aromatic carbocycles. The van der Waals surface area contributed by atoms with Gasteiger partial charge in [0.05, 0.1) is 0 Å². The third-order valence-corrected chi connectivity index (χ3v) is 4.00. The normalized spacial score (nSPS) is 10.3. The Morgan fingerprint density at radius 3 is 2.40 bits per heavy atom. The predicted octanol–water partition coefficient (Wildman–Crippen LogP) is 3.05. The van der Waals surface area contributed by atoms with Crippen LogP contribution in [0, 0.1) is 6.92 Å². The van der Waals surface area contributed by atoms with Crippen LogP contribution in [0.1, 0.15) is 23.1 Å². The van der Waals surface area contributed by atoms with Gasteiger partial charge in [-0.1, -0.05) is 36.4 Å². The maximum atomic E-state index is 12.3. The number of rotatable bonds is 8. The highest BCUT2D eigenvalue weighted by Crippen LogP contribution is 2.15. The highest BCUT2D eigenvalue weighted by Gasteiger charge is 2.10. The molecule has 0 aliphatic carbocycles. The molecule has 1 N–H and O–H groups in total. The number of nitrogens with zero attached hydrogens (tertiary/aromatic N) is 1. The first-order chi connectivity index (χ1) is 12.0. The third kappa shape index (κ3) is 5.95. The molecular weight excluding hydrogens is 318 g/mol. The van der Waals surface area contributed by atoms with E-state index in [2.05, 4.69) is 19.1 Å². The van der Waals surface area contributed by atoms with Crippen molar-refractivity contribution in [2.75, 3.05) is 13.7 Å². The van der Waals surface area contributed by atoms with Crippen molar-refractivity contribution in [3.63, 3.8) is 0 Å². The summed E-state index contributed by atoms with van der Waals surface area (Å²) < 4.78 is 5.09. The zero-order chi connectivity index (χ0) is 18.2. The molecular formula is C20H23NO4. The Morgan fingerprint density at radius 1 is 1.08 bits per heavy atom. The molecule has 0 fully saturated rings. The van der Waals surface area contributed by atoms with E-state index in [9.17, 15) is 9.59 Å². The van der Waals surface area contributed by atoms with E-state index in [1.54, 1.807) is 24.1 Å². The standard InChI is InChI=1S/C20H23NO4/c1-15-5-3-4-6-17(15)9-12-19(22)21(2)13-16-7-10-18(11-8-16)25-14-20(23)24/h3-8,10-11H,9,12-14H2,1-2H3,(H,23,24). The summed E-state index contributed by atoms with van der Waals surface area (Å²) >= 11 is 0. The zero-order valence-electron chi connectivity index (χ0n) is 14.6. The number of carbonyl (C=O) groups is 2. The van der Waals surface area contributed by atoms with Crippen molar-refractivity contribution in [1.29, 1.82) is 0 Å². The SMILES string of the molecule is Cc1ccccc1CCC(=O)N(C)Cc1ccc(OCC(=O)O)cc1. The predicted molar refractivity (Wildman–Crippen MR) is 95.5 cm³/mol. The third-order valence-electron chi connectivity index (χ3n) is 4.00. The van der Waals surface area contributed by atoms with Crippen molar-refractivity contribution in [2.45, 2.75) is 26.3 Å². The summed E-state index contributed by atoms with van der Waals surface area (Å²) in [5.41, 5.74) is 3.37. The Morgan fingerprint density at radius 2 is 1.76 bits per heavy atom. The molecule has 0 aliphatic heterocycles. The van der Waals surface area contributed by atoms with E-state index in [0.29, 0.717) is 18.7 Å². The Bertz CT molecular complexity index is 725. The van der Waals surface area contributed by atoms with Crippen molar-refractivity contribution < 1.29 is 19.4 Å². The molecule has 1 amide bonds. The Labute approximate surface area is 147 Å². The number of hydrogen-bond donors (Lipinski definition) is 1. The molecule has 5 nitrogen and oxygen atoms in total. The maximum absolute atomic E-state index is 12.3. The average Bonchev–Trinajstić information content (AvgIpc) is 2.60. The van der Waals surface area contributed by atoms with E-state index in [4.69, 9.17) is 9.84 Å². The van der Waals surface area contributed by atoms with E-state index >= 15 is 0 Å². The molecule has 2 rings (SSSR count). The van der Waals surface area contributed by atoms with E-state index in [0.717, 1.165) is 12.0 Å². The summed E-state index contributed by atoms with van der Waals surface area (Å²) in [6, 6.07) is 15.2. The molecule has 0 saturated heterocycles. The first-order valence-corrected chi connectivity index (χ1v) is 8.17. The smallest absolute Gasteiger partial charge is 0.341 e. The zero-order valence-corrected chi connectivity index (χ0v) is 14.6. The van der Waals surface area contributed by atoms with Crippen LogP contribution in [0.15, 0.2) is 48.5 Å². The quantitative estimate of drug-likeness (QED) is 0.801. The fraction of sp³-hybridized carbons (Fsp3) is 0.300. The molecule has 2 aromatic rings. The van der Waals surface area contributed by atoms with Crippen LogP contribution in [-0.2, 0) is 22.6 Å². The van der Waals surface area contributed by atoms with Crippen LogP contribution in [0.5, 0.6) is 5.75 Å². The molecule has 0 aliphatic rings. The number of carboxylic acids is 1. The van der Waals surface area contributed by atoms with E-state index in [-0.39, 0.29) is 12.5 Å². The maximum Gasteiger partial charge on any atom is 0.341 e. The summed E-state index contributed by atoms with van der Waals surface area (Å²) in [7, 11) is 1.79. The van der Waals surface area contributed by atoms with Crippen molar-refractivity contribution in [3.05, 3.63) is 65.2 Å². The highest BCUT2D eigenvalue weighted by atomic mass is 16.5. The Balaban J connectivity index is 1.84. The fourth-order valence-corrected chi connectivity index (χ4v) is 2.52. The van der Waals surface area contributed by atoms with Crippen LogP contribution in [0.3, 0.4) is 0 Å². The molecule has 0 saturated carbocycles. The molecule has 0 bridgehead atoms. The Hall–Kier alpha value is -2.82. The van der Waals surface area contributed by atoms with Gasteiger partial charge in [-0.15, -0.1) is 0 Å². The summed E-state index contributed by atoms with van der Waals surface area (Å²) in [5.74, 6) is -0.419. The molecule has 132 valence electrons. The van der Waals surface area contributed by atoms with Gasteiger partial charge in [-0.3, -0.25) is 4.79 Å². The van der Waals surface area contributed by atoms with Gasteiger partial charge in [0.15, 0.2) is 6.61 Å². The van der Waals surface area contributed by atoms with Crippen LogP contribution < -0.4 is 4.74 Å². The lowest BCUT2D eigenvalue weighted by Gasteiger charge is -2.18. The molecule has 0 atom stereocenters. The van der Waals surface area contributed by atoms with Gasteiger partial charge in [0.2, 0.25) is 5.91 Å². The number of benzene rings is 2. The highest BCUT2D eigenvalue weighted by molar-refractivity contribution is 5.76. The van der Waals surface area contributed by atoms with Gasteiger partial charge in [-0.05, 0) is 42.2 Å². The van der Waals surface area contributed by atoms with Crippen LogP contribution >= 0.6 is 0 Å². The van der Waals surface area contributed by atoms with E-state index < -0.39 is 5.97 Å². The van der Waals surface area contributed by atoms with Crippen molar-refractivity contribution in [3.8, 4) is 5.75 Å². The van der Waals surface area contributed by atoms with Gasteiger partial charge < -0.3 is 14.7 Å². The minimum Gasteiger partial charge on any atom is -0.482 e. The largest absolute Gasteiger partial charge is 0.482 e. The van der Waals surface area contributed by atoms with Crippen LogP contribution in [0.25, 0.3) is 0 Å². The number of aliphatic carboxylic acids is 1. The summed E-state index contributed by atoms with van der Waals surface area (Å²) in [6.07, 6.45) is 1.21. The second kappa shape index (κ2) is 8.87. The van der Waals surface area contributed by atoms with Gasteiger partial charge in [-0.25, -0.2) is 4.79 Å². The molecule has 0 radical (unpaired) electrons. The average molecular weight is 341 g/mol. The van der Waals surface area contributed by atoms with Crippen LogP contribution in [0.2, 0.25) is 0 Å². The van der Waals surface area contributed by atoms with Crippen LogP contribution in [0.4, 0.5) is 0 Å². The minimum absolute atomic E-state index is 0.0921. The van der Waals surface area contributed by atoms with Gasteiger partial charge in [-0.2, -0.15) is 0 Å². The number of carboxylic acid groups (broad SMARTS) is 1. The molecule has 0 heterocycles. The topological polar surface area (TPSA) is 66.8 Å². The number of amides is 1. The molecule has 0 spiro atoms. The van der Waals surface area contributed by atoms with Crippen molar-refractivity contribution in [2.24, 2.45) is 0 Å². The van der Waals surface area contributed by atoms with Crippen molar-refractivity contribution in [1.82, 2.24) is 4.90 Å². The molecule has 0 unspecified atom stereocenters. The summed E-state index contributed by atoms with van der Waals surface area (Å²) in [6.45, 7) is 2.19. The Kier molecular flexibility index (Phi) is 6.57. The van der Waals surface area contributed by atoms with Gasteiger partial charge in [0, 0.05) is 20.0 Å². The monoisotopic (exact) mass is 341 g/mol. The van der Waals surface area contributed by atoms with Gasteiger partial charge >= 0.3 is 5.97 Å². The molecule has 5 heteroatoms. The second-order valence-electron chi connectivity index (χ2n) is 6.00. The van der Waals surface area contributed by atoms with Crippen LogP contribution in [-0.4, -0.2) is 35.5 Å². The second-order valence-corrected chi connectivity index (χ2v) is 6.00. The van der Waals surface area contributed by atoms with Crippen molar-refractivity contribution >= 4 is 11.9 Å². The van der Waals surface area contributed by atoms with Gasteiger partial charge in [0.1, 0.15) is 5.75 Å². The lowest BCUT2D eigenvalue weighted by molar-refractivity contribution is -0.139. The number of hydrogen-bond acceptors (Lipinski definition) is 3. The van der Waals surface area contributed by atoms with E-state index in [1.165, 1.54) is 11.1 Å². The summed E-state index contributed by atoms with van der Waals surface area (Å²) in [5, 5.41) is 8.59. The molecule has 0 aromatic heterocycles. The minimum atomic E-state index is -1.01. The fourth-order valence-electron chi connectivity index (χ4n) is 2.52. The van der Waals surface area contributed by atoms with E-state index in [1.807, 2.05) is 24.3 Å². The lowest BCUT2D eigenvalue weighted by Crippen LogP contribution is -2.26. The van der Waals surface area contributed by atoms with Gasteiger partial charge in [0.25, 0.3) is 0 Å².